The largest absolute Gasteiger partial charge is 0.491 e. The minimum atomic E-state index is 0.186. The van der Waals surface area contributed by atoms with Crippen LogP contribution < -0.4 is 4.74 Å². The van der Waals surface area contributed by atoms with Gasteiger partial charge in [0.2, 0.25) is 0 Å². The number of rotatable bonds is 2. The molecule has 0 atom stereocenters. The van der Waals surface area contributed by atoms with Crippen molar-refractivity contribution in [3.05, 3.63) is 21.3 Å². The summed E-state index contributed by atoms with van der Waals surface area (Å²) in [5, 5.41) is 0. The van der Waals surface area contributed by atoms with E-state index in [0.717, 1.165) is 15.0 Å². The zero-order chi connectivity index (χ0) is 9.14. The maximum absolute atomic E-state index is 5.48. The molecule has 4 heteroatoms. The van der Waals surface area contributed by atoms with Gasteiger partial charge in [0.15, 0.2) is 0 Å². The predicted molar refractivity (Wildman–Crippen MR) is 55.4 cm³/mol. The zero-order valence-electron chi connectivity index (χ0n) is 6.84. The first kappa shape index (κ1) is 9.99. The van der Waals surface area contributed by atoms with Crippen molar-refractivity contribution in [3.8, 4) is 5.75 Å². The smallest absolute Gasteiger partial charge is 0.125 e. The molecule has 0 N–H and O–H groups in total. The van der Waals surface area contributed by atoms with Crippen LogP contribution in [0.5, 0.6) is 5.75 Å². The fourth-order valence-corrected chi connectivity index (χ4v) is 1.85. The highest BCUT2D eigenvalue weighted by Crippen LogP contribution is 2.22. The zero-order valence-corrected chi connectivity index (χ0v) is 10.0. The number of nitrogens with zero attached hydrogens (tertiary/aromatic N) is 1. The van der Waals surface area contributed by atoms with E-state index in [0.29, 0.717) is 0 Å². The Hall–Kier alpha value is -0.0900. The van der Waals surface area contributed by atoms with Gasteiger partial charge >= 0.3 is 0 Å². The Balaban J connectivity index is 2.85. The van der Waals surface area contributed by atoms with Gasteiger partial charge in [-0.2, -0.15) is 0 Å². The number of ether oxygens (including phenoxy) is 1. The van der Waals surface area contributed by atoms with Crippen LogP contribution in [0.25, 0.3) is 0 Å². The third-order valence-electron chi connectivity index (χ3n) is 1.11. The molecule has 0 saturated heterocycles. The molecule has 66 valence electrons. The Labute approximate surface area is 88.6 Å². The third kappa shape index (κ3) is 3.11. The second kappa shape index (κ2) is 4.23. The van der Waals surface area contributed by atoms with E-state index in [4.69, 9.17) is 4.74 Å². The molecule has 0 spiro atoms. The van der Waals surface area contributed by atoms with Gasteiger partial charge < -0.3 is 4.74 Å². The fourth-order valence-electron chi connectivity index (χ4n) is 0.783. The van der Waals surface area contributed by atoms with Gasteiger partial charge in [-0.05, 0) is 45.7 Å². The fraction of sp³-hybridized carbons (Fsp3) is 0.375. The molecule has 0 aliphatic carbocycles. The molecule has 2 nitrogen and oxygen atoms in total. The molecule has 1 rings (SSSR count). The highest BCUT2D eigenvalue weighted by molar-refractivity contribution is 9.11. The molecule has 12 heavy (non-hydrogen) atoms. The Bertz CT molecular complexity index is 256. The van der Waals surface area contributed by atoms with Crippen LogP contribution in [0.2, 0.25) is 0 Å². The van der Waals surface area contributed by atoms with Gasteiger partial charge in [0, 0.05) is 12.1 Å². The summed E-state index contributed by atoms with van der Waals surface area (Å²) >= 11 is 6.56. The summed E-state index contributed by atoms with van der Waals surface area (Å²) < 4.78 is 7.02. The second-order valence-electron chi connectivity index (χ2n) is 2.61. The highest BCUT2D eigenvalue weighted by atomic mass is 79.9. The van der Waals surface area contributed by atoms with Crippen molar-refractivity contribution in [1.82, 2.24) is 4.98 Å². The number of hydrogen-bond donors (Lipinski definition) is 0. The molecule has 0 fully saturated rings. The summed E-state index contributed by atoms with van der Waals surface area (Å²) in [7, 11) is 0. The van der Waals surface area contributed by atoms with Crippen LogP contribution in [0.3, 0.4) is 0 Å². The average Bonchev–Trinajstić information content (AvgIpc) is 1.81. The topological polar surface area (TPSA) is 22.1 Å². The van der Waals surface area contributed by atoms with E-state index in [1.807, 2.05) is 26.0 Å². The summed E-state index contributed by atoms with van der Waals surface area (Å²) in [6, 6.07) is 3.68. The average molecular weight is 295 g/mol. The molecular formula is C8H9Br2NO. The van der Waals surface area contributed by atoms with E-state index >= 15 is 0 Å². The lowest BCUT2D eigenvalue weighted by atomic mass is 10.4. The molecule has 1 aromatic rings. The summed E-state index contributed by atoms with van der Waals surface area (Å²) in [6.07, 6.45) is 0.186. The van der Waals surface area contributed by atoms with E-state index in [9.17, 15) is 0 Å². The Morgan fingerprint density at radius 3 is 2.17 bits per heavy atom. The molecule has 1 aromatic heterocycles. The Kier molecular flexibility index (Phi) is 3.53. The van der Waals surface area contributed by atoms with Crippen LogP contribution in [0, 0.1) is 0 Å². The maximum Gasteiger partial charge on any atom is 0.125 e. The van der Waals surface area contributed by atoms with Crippen LogP contribution in [-0.2, 0) is 0 Å². The second-order valence-corrected chi connectivity index (χ2v) is 4.24. The van der Waals surface area contributed by atoms with Gasteiger partial charge in [-0.15, -0.1) is 0 Å². The summed E-state index contributed by atoms with van der Waals surface area (Å²) in [5.74, 6) is 0.818. The summed E-state index contributed by atoms with van der Waals surface area (Å²) in [6.45, 7) is 3.98. The lowest BCUT2D eigenvalue weighted by Gasteiger charge is -2.09. The van der Waals surface area contributed by atoms with Crippen molar-refractivity contribution in [2.45, 2.75) is 20.0 Å². The van der Waals surface area contributed by atoms with E-state index in [1.54, 1.807) is 0 Å². The highest BCUT2D eigenvalue weighted by Gasteiger charge is 2.01. The minimum absolute atomic E-state index is 0.186. The molecule has 0 radical (unpaired) electrons. The van der Waals surface area contributed by atoms with Crippen LogP contribution in [0.1, 0.15) is 13.8 Å². The van der Waals surface area contributed by atoms with E-state index in [1.165, 1.54) is 0 Å². The van der Waals surface area contributed by atoms with Crippen LogP contribution in [0.15, 0.2) is 21.3 Å². The van der Waals surface area contributed by atoms with Gasteiger partial charge in [0.1, 0.15) is 15.0 Å². The first-order valence-electron chi connectivity index (χ1n) is 3.57. The molecule has 0 amide bonds. The van der Waals surface area contributed by atoms with Crippen molar-refractivity contribution in [2.75, 3.05) is 0 Å². The van der Waals surface area contributed by atoms with Crippen LogP contribution >= 0.6 is 31.9 Å². The minimum Gasteiger partial charge on any atom is -0.491 e. The van der Waals surface area contributed by atoms with Crippen molar-refractivity contribution < 1.29 is 4.74 Å². The molecule has 1 heterocycles. The van der Waals surface area contributed by atoms with E-state index in [-0.39, 0.29) is 6.10 Å². The van der Waals surface area contributed by atoms with Crippen molar-refractivity contribution in [2.24, 2.45) is 0 Å². The summed E-state index contributed by atoms with van der Waals surface area (Å²) in [5.41, 5.74) is 0. The van der Waals surface area contributed by atoms with E-state index in [2.05, 4.69) is 36.8 Å². The number of aromatic nitrogens is 1. The number of hydrogen-bond acceptors (Lipinski definition) is 2. The van der Waals surface area contributed by atoms with Crippen LogP contribution in [-0.4, -0.2) is 11.1 Å². The molecule has 0 aliphatic heterocycles. The van der Waals surface area contributed by atoms with Crippen molar-refractivity contribution in [3.63, 3.8) is 0 Å². The lowest BCUT2D eigenvalue weighted by Crippen LogP contribution is -2.05. The van der Waals surface area contributed by atoms with Gasteiger partial charge in [0.25, 0.3) is 0 Å². The van der Waals surface area contributed by atoms with E-state index < -0.39 is 0 Å². The number of halogens is 2. The molecule has 0 aromatic carbocycles. The third-order valence-corrected chi connectivity index (χ3v) is 1.92. The molecule has 0 aliphatic rings. The maximum atomic E-state index is 5.48. The first-order chi connectivity index (χ1) is 5.58. The van der Waals surface area contributed by atoms with Crippen molar-refractivity contribution in [1.29, 1.82) is 0 Å². The molecular weight excluding hydrogens is 286 g/mol. The van der Waals surface area contributed by atoms with Crippen molar-refractivity contribution >= 4 is 31.9 Å². The lowest BCUT2D eigenvalue weighted by molar-refractivity contribution is 0.242. The van der Waals surface area contributed by atoms with Crippen LogP contribution in [0.4, 0.5) is 0 Å². The monoisotopic (exact) mass is 293 g/mol. The molecule has 0 bridgehead atoms. The Morgan fingerprint density at radius 2 is 1.75 bits per heavy atom. The quantitative estimate of drug-likeness (QED) is 0.780. The molecule has 0 saturated carbocycles. The Morgan fingerprint density at radius 1 is 1.25 bits per heavy atom. The predicted octanol–water partition coefficient (Wildman–Crippen LogP) is 3.39. The van der Waals surface area contributed by atoms with Gasteiger partial charge in [-0.25, -0.2) is 4.98 Å². The molecule has 0 unspecified atom stereocenters. The van der Waals surface area contributed by atoms with Gasteiger partial charge in [-0.1, -0.05) is 0 Å². The van der Waals surface area contributed by atoms with Gasteiger partial charge in [-0.3, -0.25) is 0 Å². The van der Waals surface area contributed by atoms with Gasteiger partial charge in [0.05, 0.1) is 6.10 Å². The standard InChI is InChI=1S/C8H9Br2NO/c1-5(2)12-6-3-7(9)11-8(10)4-6/h3-5H,1-2H3. The summed E-state index contributed by atoms with van der Waals surface area (Å²) in [4.78, 5) is 4.09. The number of pyridine rings is 1. The first-order valence-corrected chi connectivity index (χ1v) is 5.16. The normalized spacial score (nSPS) is 10.4. The SMILES string of the molecule is CC(C)Oc1cc(Br)nc(Br)c1.